The summed E-state index contributed by atoms with van der Waals surface area (Å²) in [6.07, 6.45) is 6.25. The third-order valence-corrected chi connectivity index (χ3v) is 5.80. The SMILES string of the molecule is CCn1c2ccccc2c2cc(C=CC(=O)NCC(=O)Nc3ccc(-n4cncn4)cc3)ccc21. The summed E-state index contributed by atoms with van der Waals surface area (Å²) in [6, 6.07) is 21.7. The molecule has 0 radical (unpaired) electrons. The maximum atomic E-state index is 12.3. The van der Waals surface area contributed by atoms with Gasteiger partial charge in [0, 0.05) is 40.1 Å². The lowest BCUT2D eigenvalue weighted by Crippen LogP contribution is -2.31. The zero-order chi connectivity index (χ0) is 24.2. The van der Waals surface area contributed by atoms with E-state index in [4.69, 9.17) is 0 Å². The normalized spacial score (nSPS) is 11.3. The Morgan fingerprint density at radius 2 is 1.77 bits per heavy atom. The molecule has 0 bridgehead atoms. The van der Waals surface area contributed by atoms with Crippen LogP contribution in [0.5, 0.6) is 0 Å². The molecule has 3 aromatic carbocycles. The van der Waals surface area contributed by atoms with Crippen molar-refractivity contribution in [3.63, 3.8) is 0 Å². The standard InChI is InChI=1S/C27H24N6O2/c1-2-32-24-6-4-3-5-22(24)23-15-19(7-13-25(23)32)8-14-26(34)29-16-27(35)31-20-9-11-21(12-10-20)33-18-28-17-30-33/h3-15,17-18H,2,16H2,1H3,(H,29,34)(H,31,35). The number of fused-ring (bicyclic) bond motifs is 3. The van der Waals surface area contributed by atoms with Crippen LogP contribution < -0.4 is 10.6 Å². The van der Waals surface area contributed by atoms with Crippen molar-refractivity contribution >= 4 is 45.4 Å². The van der Waals surface area contributed by atoms with Crippen LogP contribution in [-0.4, -0.2) is 37.7 Å². The minimum atomic E-state index is -0.335. The largest absolute Gasteiger partial charge is 0.343 e. The molecular formula is C27H24N6O2. The molecule has 174 valence electrons. The maximum absolute atomic E-state index is 12.3. The molecular weight excluding hydrogens is 440 g/mol. The summed E-state index contributed by atoms with van der Waals surface area (Å²) in [6.45, 7) is 2.89. The van der Waals surface area contributed by atoms with Crippen LogP contribution in [0.15, 0.2) is 85.5 Å². The number of aromatic nitrogens is 4. The number of aryl methyl sites for hydroxylation is 1. The molecule has 0 atom stereocenters. The van der Waals surface area contributed by atoms with E-state index in [9.17, 15) is 9.59 Å². The van der Waals surface area contributed by atoms with Crippen LogP contribution in [-0.2, 0) is 16.1 Å². The summed E-state index contributed by atoms with van der Waals surface area (Å²) >= 11 is 0. The summed E-state index contributed by atoms with van der Waals surface area (Å²) in [5.74, 6) is -0.646. The molecule has 2 heterocycles. The molecule has 2 amide bonds. The molecule has 8 heteroatoms. The summed E-state index contributed by atoms with van der Waals surface area (Å²) < 4.78 is 3.91. The van der Waals surface area contributed by atoms with E-state index in [0.717, 1.165) is 23.2 Å². The second-order valence-electron chi connectivity index (χ2n) is 8.02. The minimum absolute atomic E-state index is 0.128. The van der Waals surface area contributed by atoms with Gasteiger partial charge in [-0.3, -0.25) is 9.59 Å². The zero-order valence-corrected chi connectivity index (χ0v) is 19.2. The summed E-state index contributed by atoms with van der Waals surface area (Å²) in [5, 5.41) is 11.8. The van der Waals surface area contributed by atoms with Gasteiger partial charge in [0.1, 0.15) is 12.7 Å². The van der Waals surface area contributed by atoms with Gasteiger partial charge in [0.25, 0.3) is 0 Å². The molecule has 0 aliphatic heterocycles. The number of amides is 2. The number of para-hydroxylation sites is 1. The third kappa shape index (κ3) is 4.67. The van der Waals surface area contributed by atoms with Crippen LogP contribution in [0.3, 0.4) is 0 Å². The molecule has 0 unspecified atom stereocenters. The van der Waals surface area contributed by atoms with Gasteiger partial charge in [-0.25, -0.2) is 9.67 Å². The average molecular weight is 465 g/mol. The summed E-state index contributed by atoms with van der Waals surface area (Å²) in [4.78, 5) is 28.4. The predicted octanol–water partition coefficient (Wildman–Crippen LogP) is 4.16. The molecule has 0 aliphatic carbocycles. The molecule has 0 saturated heterocycles. The smallest absolute Gasteiger partial charge is 0.244 e. The average Bonchev–Trinajstić information content (AvgIpc) is 3.53. The third-order valence-electron chi connectivity index (χ3n) is 5.80. The lowest BCUT2D eigenvalue weighted by Gasteiger charge is -2.07. The first-order valence-corrected chi connectivity index (χ1v) is 11.3. The molecule has 8 nitrogen and oxygen atoms in total. The topological polar surface area (TPSA) is 93.8 Å². The molecule has 0 saturated carbocycles. The second-order valence-corrected chi connectivity index (χ2v) is 8.02. The van der Waals surface area contributed by atoms with Crippen molar-refractivity contribution in [2.75, 3.05) is 11.9 Å². The van der Waals surface area contributed by atoms with Crippen LogP contribution in [0.4, 0.5) is 5.69 Å². The van der Waals surface area contributed by atoms with E-state index in [2.05, 4.69) is 56.5 Å². The highest BCUT2D eigenvalue weighted by atomic mass is 16.2. The lowest BCUT2D eigenvalue weighted by molar-refractivity contribution is -0.121. The van der Waals surface area contributed by atoms with Gasteiger partial charge in [0.2, 0.25) is 11.8 Å². The first kappa shape index (κ1) is 22.1. The highest BCUT2D eigenvalue weighted by Gasteiger charge is 2.09. The highest BCUT2D eigenvalue weighted by Crippen LogP contribution is 2.29. The van der Waals surface area contributed by atoms with E-state index in [0.29, 0.717) is 5.69 Å². The molecule has 5 aromatic rings. The van der Waals surface area contributed by atoms with E-state index in [1.165, 1.54) is 28.8 Å². The van der Waals surface area contributed by atoms with Gasteiger partial charge >= 0.3 is 0 Å². The molecule has 2 aromatic heterocycles. The quantitative estimate of drug-likeness (QED) is 0.354. The van der Waals surface area contributed by atoms with E-state index >= 15 is 0 Å². The number of nitrogens with zero attached hydrogens (tertiary/aromatic N) is 4. The fraction of sp³-hybridized carbons (Fsp3) is 0.111. The highest BCUT2D eigenvalue weighted by molar-refractivity contribution is 6.09. The number of carbonyl (C=O) groups is 2. The number of hydrogen-bond donors (Lipinski definition) is 2. The van der Waals surface area contributed by atoms with Gasteiger partial charge in [-0.15, -0.1) is 0 Å². The van der Waals surface area contributed by atoms with Crippen LogP contribution in [0.25, 0.3) is 33.6 Å². The molecule has 2 N–H and O–H groups in total. The maximum Gasteiger partial charge on any atom is 0.244 e. The predicted molar refractivity (Wildman–Crippen MR) is 137 cm³/mol. The van der Waals surface area contributed by atoms with Crippen LogP contribution in [0.1, 0.15) is 12.5 Å². The van der Waals surface area contributed by atoms with Crippen molar-refractivity contribution in [3.05, 3.63) is 91.0 Å². The Bertz CT molecular complexity index is 1530. The van der Waals surface area contributed by atoms with Gasteiger partial charge in [0.15, 0.2) is 0 Å². The minimum Gasteiger partial charge on any atom is -0.343 e. The van der Waals surface area contributed by atoms with Crippen molar-refractivity contribution in [2.45, 2.75) is 13.5 Å². The van der Waals surface area contributed by atoms with Crippen LogP contribution >= 0.6 is 0 Å². The number of benzene rings is 3. The number of hydrogen-bond acceptors (Lipinski definition) is 4. The molecule has 0 fully saturated rings. The van der Waals surface area contributed by atoms with Crippen LogP contribution in [0.2, 0.25) is 0 Å². The monoisotopic (exact) mass is 464 g/mol. The van der Waals surface area contributed by atoms with E-state index in [-0.39, 0.29) is 18.4 Å². The van der Waals surface area contributed by atoms with E-state index < -0.39 is 0 Å². The molecule has 0 aliphatic rings. The van der Waals surface area contributed by atoms with Crippen LogP contribution in [0, 0.1) is 0 Å². The first-order valence-electron chi connectivity index (χ1n) is 11.3. The number of anilines is 1. The van der Waals surface area contributed by atoms with Gasteiger partial charge in [-0.2, -0.15) is 5.10 Å². The Kier molecular flexibility index (Phi) is 6.09. The molecule has 35 heavy (non-hydrogen) atoms. The number of nitrogens with one attached hydrogen (secondary N) is 2. The Morgan fingerprint density at radius 1 is 0.971 bits per heavy atom. The van der Waals surface area contributed by atoms with Crippen molar-refractivity contribution < 1.29 is 9.59 Å². The fourth-order valence-electron chi connectivity index (χ4n) is 4.16. The van der Waals surface area contributed by atoms with Crippen molar-refractivity contribution in [3.8, 4) is 5.69 Å². The molecule has 5 rings (SSSR count). The van der Waals surface area contributed by atoms with E-state index in [1.807, 2.05) is 30.3 Å². The van der Waals surface area contributed by atoms with Gasteiger partial charge in [0.05, 0.1) is 12.2 Å². The Hall–Kier alpha value is -4.72. The lowest BCUT2D eigenvalue weighted by atomic mass is 10.1. The fourth-order valence-corrected chi connectivity index (χ4v) is 4.16. The zero-order valence-electron chi connectivity index (χ0n) is 19.2. The van der Waals surface area contributed by atoms with Crippen molar-refractivity contribution in [2.24, 2.45) is 0 Å². The Morgan fingerprint density at radius 3 is 2.54 bits per heavy atom. The van der Waals surface area contributed by atoms with Crippen molar-refractivity contribution in [1.29, 1.82) is 0 Å². The second kappa shape index (κ2) is 9.64. The van der Waals surface area contributed by atoms with Gasteiger partial charge < -0.3 is 15.2 Å². The van der Waals surface area contributed by atoms with E-state index in [1.54, 1.807) is 29.2 Å². The van der Waals surface area contributed by atoms with Crippen molar-refractivity contribution in [1.82, 2.24) is 24.6 Å². The summed E-state index contributed by atoms with van der Waals surface area (Å²) in [5.41, 5.74) is 4.74. The first-order chi connectivity index (χ1) is 17.1. The molecule has 0 spiro atoms. The number of rotatable bonds is 7. The van der Waals surface area contributed by atoms with Gasteiger partial charge in [-0.05, 0) is 61.0 Å². The Labute approximate surface area is 201 Å². The summed E-state index contributed by atoms with van der Waals surface area (Å²) in [7, 11) is 0. The van der Waals surface area contributed by atoms with Gasteiger partial charge in [-0.1, -0.05) is 24.3 Å². The Balaban J connectivity index is 1.19. The number of carbonyl (C=O) groups excluding carboxylic acids is 2.